The van der Waals surface area contributed by atoms with Crippen molar-refractivity contribution < 1.29 is 9.18 Å². The summed E-state index contributed by atoms with van der Waals surface area (Å²) in [5.41, 5.74) is 11.9. The Morgan fingerprint density at radius 2 is 2.00 bits per heavy atom. The van der Waals surface area contributed by atoms with Crippen LogP contribution in [0.4, 0.5) is 21.6 Å². The molecule has 1 aromatic heterocycles. The lowest BCUT2D eigenvalue weighted by Crippen LogP contribution is -2.22. The summed E-state index contributed by atoms with van der Waals surface area (Å²) in [5.74, 6) is -0.732. The Kier molecular flexibility index (Phi) is 3.84. The van der Waals surface area contributed by atoms with Gasteiger partial charge in [-0.2, -0.15) is 0 Å². The molecule has 0 saturated heterocycles. The van der Waals surface area contributed by atoms with Gasteiger partial charge in [0.25, 0.3) is 5.91 Å². The summed E-state index contributed by atoms with van der Waals surface area (Å²) < 4.78 is 13.9. The molecular formula is C14H15FN4O. The quantitative estimate of drug-likeness (QED) is 0.893. The Morgan fingerprint density at radius 1 is 1.30 bits per heavy atom. The summed E-state index contributed by atoms with van der Waals surface area (Å²) in [6.45, 7) is 2.28. The van der Waals surface area contributed by atoms with Crippen LogP contribution in [0, 0.1) is 5.82 Å². The number of nitrogen functional groups attached to an aromatic ring is 1. The molecule has 0 unspecified atom stereocenters. The Bertz CT molecular complexity index is 645. The molecule has 0 spiro atoms. The highest BCUT2D eigenvalue weighted by atomic mass is 19.1. The van der Waals surface area contributed by atoms with E-state index in [1.54, 1.807) is 23.1 Å². The number of aromatic nitrogens is 1. The zero-order valence-electron chi connectivity index (χ0n) is 11.0. The molecule has 2 aromatic rings. The number of pyridine rings is 1. The first-order valence-corrected chi connectivity index (χ1v) is 6.13. The van der Waals surface area contributed by atoms with Crippen LogP contribution >= 0.6 is 0 Å². The van der Waals surface area contributed by atoms with Crippen molar-refractivity contribution >= 4 is 23.1 Å². The average Bonchev–Trinajstić information content (AvgIpc) is 2.43. The Morgan fingerprint density at radius 3 is 2.60 bits per heavy atom. The summed E-state index contributed by atoms with van der Waals surface area (Å²) in [6, 6.07) is 9.27. The van der Waals surface area contributed by atoms with Crippen LogP contribution in [0.5, 0.6) is 0 Å². The Hall–Kier alpha value is -2.63. The van der Waals surface area contributed by atoms with Gasteiger partial charge in [0.15, 0.2) is 5.82 Å². The van der Waals surface area contributed by atoms with Crippen LogP contribution in [0.25, 0.3) is 0 Å². The van der Waals surface area contributed by atoms with Gasteiger partial charge >= 0.3 is 0 Å². The largest absolute Gasteiger partial charge is 0.396 e. The summed E-state index contributed by atoms with van der Waals surface area (Å²) in [4.78, 5) is 16.9. The van der Waals surface area contributed by atoms with E-state index < -0.39 is 5.91 Å². The van der Waals surface area contributed by atoms with E-state index in [9.17, 15) is 9.18 Å². The van der Waals surface area contributed by atoms with Crippen molar-refractivity contribution in [2.75, 3.05) is 17.2 Å². The van der Waals surface area contributed by atoms with E-state index in [2.05, 4.69) is 4.98 Å². The first-order valence-electron chi connectivity index (χ1n) is 6.13. The van der Waals surface area contributed by atoms with Gasteiger partial charge in [0.2, 0.25) is 0 Å². The molecule has 0 aliphatic carbocycles. The summed E-state index contributed by atoms with van der Waals surface area (Å²) >= 11 is 0. The van der Waals surface area contributed by atoms with Crippen molar-refractivity contribution in [2.24, 2.45) is 5.73 Å². The van der Waals surface area contributed by atoms with Crippen molar-refractivity contribution in [3.8, 4) is 0 Å². The van der Waals surface area contributed by atoms with E-state index in [1.807, 2.05) is 6.92 Å². The number of hydrogen-bond donors (Lipinski definition) is 2. The first kappa shape index (κ1) is 13.8. The molecule has 1 aromatic carbocycles. The monoisotopic (exact) mass is 274 g/mol. The molecule has 2 rings (SSSR count). The van der Waals surface area contributed by atoms with Gasteiger partial charge in [-0.1, -0.05) is 12.1 Å². The molecular weight excluding hydrogens is 259 g/mol. The maximum absolute atomic E-state index is 13.9. The predicted molar refractivity (Wildman–Crippen MR) is 76.2 cm³/mol. The van der Waals surface area contributed by atoms with E-state index in [1.165, 1.54) is 18.2 Å². The standard InChI is InChI=1S/C14H15FN4O/c1-2-19(12-6-4-3-5-9(12)15)14-10(16)7-8-11(18-14)13(17)20/h3-8H,2,16H2,1H3,(H2,17,20). The molecule has 6 heteroatoms. The number of anilines is 3. The number of amides is 1. The van der Waals surface area contributed by atoms with E-state index in [0.29, 0.717) is 23.7 Å². The molecule has 20 heavy (non-hydrogen) atoms. The lowest BCUT2D eigenvalue weighted by atomic mass is 10.2. The average molecular weight is 274 g/mol. The van der Waals surface area contributed by atoms with Gasteiger partial charge in [-0.25, -0.2) is 9.37 Å². The fourth-order valence-electron chi connectivity index (χ4n) is 1.92. The lowest BCUT2D eigenvalue weighted by Gasteiger charge is -2.24. The number of carbonyl (C=O) groups is 1. The van der Waals surface area contributed by atoms with Crippen LogP contribution in [-0.2, 0) is 0 Å². The maximum atomic E-state index is 13.9. The number of benzene rings is 1. The first-order chi connectivity index (χ1) is 9.54. The minimum absolute atomic E-state index is 0.0870. The molecule has 0 bridgehead atoms. The van der Waals surface area contributed by atoms with Gasteiger partial charge in [0.1, 0.15) is 11.5 Å². The number of nitrogens with two attached hydrogens (primary N) is 2. The number of primary amides is 1. The van der Waals surface area contributed by atoms with Gasteiger partial charge in [-0.05, 0) is 31.2 Å². The van der Waals surface area contributed by atoms with E-state index in [4.69, 9.17) is 11.5 Å². The second-order valence-electron chi connectivity index (χ2n) is 4.17. The number of para-hydroxylation sites is 1. The number of nitrogens with zero attached hydrogens (tertiary/aromatic N) is 2. The molecule has 0 radical (unpaired) electrons. The maximum Gasteiger partial charge on any atom is 0.267 e. The molecule has 0 fully saturated rings. The highest BCUT2D eigenvalue weighted by molar-refractivity contribution is 5.92. The molecule has 0 atom stereocenters. The normalized spacial score (nSPS) is 10.3. The predicted octanol–water partition coefficient (Wildman–Crippen LogP) is 2.06. The summed E-state index contributed by atoms with van der Waals surface area (Å²) in [5, 5.41) is 0. The fraction of sp³-hybridized carbons (Fsp3) is 0.143. The summed E-state index contributed by atoms with van der Waals surface area (Å²) in [7, 11) is 0. The molecule has 0 saturated carbocycles. The van der Waals surface area contributed by atoms with E-state index in [0.717, 1.165) is 0 Å². The zero-order valence-corrected chi connectivity index (χ0v) is 11.0. The second kappa shape index (κ2) is 5.56. The van der Waals surface area contributed by atoms with E-state index in [-0.39, 0.29) is 11.5 Å². The van der Waals surface area contributed by atoms with Crippen LogP contribution < -0.4 is 16.4 Å². The van der Waals surface area contributed by atoms with Gasteiger partial charge in [0.05, 0.1) is 11.4 Å². The van der Waals surface area contributed by atoms with Gasteiger partial charge in [-0.3, -0.25) is 4.79 Å². The topological polar surface area (TPSA) is 85.2 Å². The third-order valence-electron chi connectivity index (χ3n) is 2.87. The van der Waals surface area contributed by atoms with Gasteiger partial charge in [-0.15, -0.1) is 0 Å². The van der Waals surface area contributed by atoms with Crippen molar-refractivity contribution in [3.05, 3.63) is 47.9 Å². The van der Waals surface area contributed by atoms with Crippen molar-refractivity contribution in [1.29, 1.82) is 0 Å². The van der Waals surface area contributed by atoms with Crippen molar-refractivity contribution in [2.45, 2.75) is 6.92 Å². The molecule has 1 heterocycles. The third-order valence-corrected chi connectivity index (χ3v) is 2.87. The number of hydrogen-bond acceptors (Lipinski definition) is 4. The van der Waals surface area contributed by atoms with Gasteiger partial charge in [0, 0.05) is 6.54 Å². The highest BCUT2D eigenvalue weighted by Crippen LogP contribution is 2.30. The minimum atomic E-state index is -0.657. The highest BCUT2D eigenvalue weighted by Gasteiger charge is 2.17. The Balaban J connectivity index is 2.55. The number of halogens is 1. The van der Waals surface area contributed by atoms with Crippen LogP contribution in [0.1, 0.15) is 17.4 Å². The lowest BCUT2D eigenvalue weighted by molar-refractivity contribution is 0.0995. The smallest absolute Gasteiger partial charge is 0.267 e. The van der Waals surface area contributed by atoms with Crippen LogP contribution in [-0.4, -0.2) is 17.4 Å². The molecule has 104 valence electrons. The number of rotatable bonds is 4. The van der Waals surface area contributed by atoms with Crippen LogP contribution in [0.2, 0.25) is 0 Å². The van der Waals surface area contributed by atoms with Crippen LogP contribution in [0.3, 0.4) is 0 Å². The van der Waals surface area contributed by atoms with Gasteiger partial charge < -0.3 is 16.4 Å². The zero-order chi connectivity index (χ0) is 14.7. The molecule has 1 amide bonds. The van der Waals surface area contributed by atoms with Crippen molar-refractivity contribution in [3.63, 3.8) is 0 Å². The summed E-state index contributed by atoms with van der Waals surface area (Å²) in [6.07, 6.45) is 0. The minimum Gasteiger partial charge on any atom is -0.396 e. The molecule has 4 N–H and O–H groups in total. The molecule has 5 nitrogen and oxygen atoms in total. The van der Waals surface area contributed by atoms with Crippen LogP contribution in [0.15, 0.2) is 36.4 Å². The molecule has 0 aliphatic heterocycles. The fourth-order valence-corrected chi connectivity index (χ4v) is 1.92. The Labute approximate surface area is 116 Å². The number of carbonyl (C=O) groups excluding carboxylic acids is 1. The second-order valence-corrected chi connectivity index (χ2v) is 4.17. The van der Waals surface area contributed by atoms with E-state index >= 15 is 0 Å². The third kappa shape index (κ3) is 2.54. The molecule has 0 aliphatic rings. The SMILES string of the molecule is CCN(c1ccccc1F)c1nc(C(N)=O)ccc1N. The van der Waals surface area contributed by atoms with Crippen molar-refractivity contribution in [1.82, 2.24) is 4.98 Å².